The normalized spacial score (nSPS) is 11.4. The lowest BCUT2D eigenvalue weighted by atomic mass is 10.3. The quantitative estimate of drug-likeness (QED) is 0.618. The van der Waals surface area contributed by atoms with Gasteiger partial charge in [0.25, 0.3) is 0 Å². The van der Waals surface area contributed by atoms with Gasteiger partial charge in [-0.25, -0.2) is 0 Å². The summed E-state index contributed by atoms with van der Waals surface area (Å²) in [4.78, 5) is 3.22. The molecule has 0 bridgehead atoms. The number of nitrogens with one attached hydrogen (secondary N) is 2. The summed E-state index contributed by atoms with van der Waals surface area (Å²) in [5.41, 5.74) is 3.26. The van der Waals surface area contributed by atoms with Crippen LogP contribution in [0.25, 0.3) is 0 Å². The fourth-order valence-corrected chi connectivity index (χ4v) is 1.73. The Balaban J connectivity index is 2.35. The minimum absolute atomic E-state index is 0.499. The standard InChI is InChI=1S/C10H13N5S/c1-6-4-9(7(2)12-6)5-11-15-8(3)13-14-10(15)16/h4-5,12H,1-3H3,(H,14,16). The second-order valence-corrected chi connectivity index (χ2v) is 4.05. The Hall–Kier alpha value is -1.69. The number of rotatable bonds is 2. The zero-order chi connectivity index (χ0) is 11.7. The maximum Gasteiger partial charge on any atom is 0.216 e. The molecule has 5 nitrogen and oxygen atoms in total. The zero-order valence-electron chi connectivity index (χ0n) is 9.40. The third-order valence-corrected chi connectivity index (χ3v) is 2.58. The van der Waals surface area contributed by atoms with E-state index in [4.69, 9.17) is 12.2 Å². The average molecular weight is 235 g/mol. The maximum atomic E-state index is 5.05. The van der Waals surface area contributed by atoms with E-state index in [9.17, 15) is 0 Å². The Morgan fingerprint density at radius 2 is 2.19 bits per heavy atom. The van der Waals surface area contributed by atoms with Gasteiger partial charge < -0.3 is 4.98 Å². The van der Waals surface area contributed by atoms with Gasteiger partial charge in [0.15, 0.2) is 0 Å². The summed E-state index contributed by atoms with van der Waals surface area (Å²) in [5, 5.41) is 11.0. The van der Waals surface area contributed by atoms with Gasteiger partial charge in [0, 0.05) is 17.0 Å². The first-order valence-electron chi connectivity index (χ1n) is 4.92. The van der Waals surface area contributed by atoms with Crippen molar-refractivity contribution in [3.05, 3.63) is 33.6 Å². The minimum Gasteiger partial charge on any atom is -0.362 e. The van der Waals surface area contributed by atoms with Gasteiger partial charge in [-0.1, -0.05) is 0 Å². The molecule has 0 fully saturated rings. The Morgan fingerprint density at radius 3 is 2.69 bits per heavy atom. The van der Waals surface area contributed by atoms with Crippen molar-refractivity contribution in [1.82, 2.24) is 19.9 Å². The second kappa shape index (κ2) is 4.05. The van der Waals surface area contributed by atoms with Crippen LogP contribution in [0.1, 0.15) is 22.8 Å². The fraction of sp³-hybridized carbons (Fsp3) is 0.300. The van der Waals surface area contributed by atoms with Crippen LogP contribution in [-0.4, -0.2) is 26.1 Å². The van der Waals surface area contributed by atoms with Crippen LogP contribution < -0.4 is 0 Å². The van der Waals surface area contributed by atoms with Crippen molar-refractivity contribution in [2.45, 2.75) is 20.8 Å². The van der Waals surface area contributed by atoms with E-state index in [0.717, 1.165) is 22.8 Å². The van der Waals surface area contributed by atoms with Gasteiger partial charge in [0.1, 0.15) is 5.82 Å². The molecule has 0 spiro atoms. The molecular formula is C10H13N5S. The molecule has 0 radical (unpaired) electrons. The minimum atomic E-state index is 0.499. The predicted octanol–water partition coefficient (Wildman–Crippen LogP) is 2.08. The Bertz CT molecular complexity index is 587. The van der Waals surface area contributed by atoms with Crippen molar-refractivity contribution in [1.29, 1.82) is 0 Å². The van der Waals surface area contributed by atoms with E-state index in [0.29, 0.717) is 4.77 Å². The smallest absolute Gasteiger partial charge is 0.216 e. The molecule has 0 aliphatic heterocycles. The van der Waals surface area contributed by atoms with Gasteiger partial charge in [0.2, 0.25) is 4.77 Å². The molecule has 2 N–H and O–H groups in total. The highest BCUT2D eigenvalue weighted by molar-refractivity contribution is 7.71. The number of aromatic nitrogens is 4. The molecule has 0 atom stereocenters. The van der Waals surface area contributed by atoms with Gasteiger partial charge in [-0.3, -0.25) is 5.10 Å². The molecular weight excluding hydrogens is 222 g/mol. The van der Waals surface area contributed by atoms with Crippen LogP contribution in [0, 0.1) is 25.5 Å². The van der Waals surface area contributed by atoms with Crippen molar-refractivity contribution >= 4 is 18.4 Å². The van der Waals surface area contributed by atoms with Crippen molar-refractivity contribution in [2.24, 2.45) is 5.10 Å². The molecule has 0 aromatic carbocycles. The lowest BCUT2D eigenvalue weighted by molar-refractivity contribution is 0.820. The molecule has 0 saturated carbocycles. The van der Waals surface area contributed by atoms with Crippen LogP contribution in [0.4, 0.5) is 0 Å². The van der Waals surface area contributed by atoms with E-state index in [1.807, 2.05) is 26.8 Å². The molecule has 2 rings (SSSR count). The van der Waals surface area contributed by atoms with Crippen molar-refractivity contribution in [2.75, 3.05) is 0 Å². The highest BCUT2D eigenvalue weighted by atomic mass is 32.1. The van der Waals surface area contributed by atoms with Crippen molar-refractivity contribution < 1.29 is 0 Å². The van der Waals surface area contributed by atoms with Crippen molar-refractivity contribution in [3.8, 4) is 0 Å². The molecule has 0 amide bonds. The molecule has 0 aliphatic rings. The topological polar surface area (TPSA) is 61.8 Å². The predicted molar refractivity (Wildman–Crippen MR) is 65.4 cm³/mol. The summed E-state index contributed by atoms with van der Waals surface area (Å²) >= 11 is 5.05. The Morgan fingerprint density at radius 1 is 1.44 bits per heavy atom. The Labute approximate surface area is 98.2 Å². The molecule has 0 aliphatic carbocycles. The third kappa shape index (κ3) is 1.96. The lowest BCUT2D eigenvalue weighted by Gasteiger charge is -1.93. The first kappa shape index (κ1) is 10.8. The molecule has 0 unspecified atom stereocenters. The number of hydrogen-bond donors (Lipinski definition) is 2. The fourth-order valence-electron chi connectivity index (χ4n) is 1.51. The number of aryl methyl sites for hydroxylation is 3. The van der Waals surface area contributed by atoms with Gasteiger partial charge in [0.05, 0.1) is 6.21 Å². The average Bonchev–Trinajstić information content (AvgIpc) is 2.69. The van der Waals surface area contributed by atoms with Gasteiger partial charge in [-0.15, -0.1) is 0 Å². The third-order valence-electron chi connectivity index (χ3n) is 2.31. The molecule has 2 heterocycles. The van der Waals surface area contributed by atoms with Crippen LogP contribution in [0.2, 0.25) is 0 Å². The second-order valence-electron chi connectivity index (χ2n) is 3.67. The summed E-state index contributed by atoms with van der Waals surface area (Å²) in [6, 6.07) is 2.04. The first-order valence-corrected chi connectivity index (χ1v) is 5.33. The zero-order valence-corrected chi connectivity index (χ0v) is 10.2. The van der Waals surface area contributed by atoms with E-state index in [1.165, 1.54) is 0 Å². The van der Waals surface area contributed by atoms with Crippen LogP contribution in [0.5, 0.6) is 0 Å². The van der Waals surface area contributed by atoms with Crippen LogP contribution in [0.15, 0.2) is 11.2 Å². The van der Waals surface area contributed by atoms with E-state index in [1.54, 1.807) is 10.9 Å². The maximum absolute atomic E-state index is 5.05. The number of aromatic amines is 2. The lowest BCUT2D eigenvalue weighted by Crippen LogP contribution is -1.93. The summed E-state index contributed by atoms with van der Waals surface area (Å²) in [6.07, 6.45) is 1.77. The van der Waals surface area contributed by atoms with Crippen LogP contribution in [-0.2, 0) is 0 Å². The summed E-state index contributed by atoms with van der Waals surface area (Å²) in [5.74, 6) is 0.742. The summed E-state index contributed by atoms with van der Waals surface area (Å²) in [7, 11) is 0. The molecule has 2 aromatic rings. The largest absolute Gasteiger partial charge is 0.362 e. The SMILES string of the molecule is Cc1cc(C=Nn2c(C)n[nH]c2=S)c(C)[nH]1. The first-order chi connectivity index (χ1) is 7.58. The van der Waals surface area contributed by atoms with Gasteiger partial charge in [-0.05, 0) is 39.1 Å². The van der Waals surface area contributed by atoms with E-state index in [-0.39, 0.29) is 0 Å². The number of hydrogen-bond acceptors (Lipinski definition) is 3. The van der Waals surface area contributed by atoms with E-state index < -0.39 is 0 Å². The molecule has 0 saturated heterocycles. The summed E-state index contributed by atoms with van der Waals surface area (Å²) < 4.78 is 2.09. The van der Waals surface area contributed by atoms with Crippen molar-refractivity contribution in [3.63, 3.8) is 0 Å². The van der Waals surface area contributed by atoms with Crippen LogP contribution in [0.3, 0.4) is 0 Å². The Kier molecular flexibility index (Phi) is 2.74. The number of nitrogens with zero attached hydrogens (tertiary/aromatic N) is 3. The molecule has 6 heteroatoms. The van der Waals surface area contributed by atoms with Gasteiger partial charge in [-0.2, -0.15) is 14.9 Å². The van der Waals surface area contributed by atoms with Crippen LogP contribution >= 0.6 is 12.2 Å². The highest BCUT2D eigenvalue weighted by Gasteiger charge is 2.00. The number of H-pyrrole nitrogens is 2. The highest BCUT2D eigenvalue weighted by Crippen LogP contribution is 2.06. The van der Waals surface area contributed by atoms with E-state index >= 15 is 0 Å². The van der Waals surface area contributed by atoms with E-state index in [2.05, 4.69) is 20.3 Å². The molecule has 16 heavy (non-hydrogen) atoms. The monoisotopic (exact) mass is 235 g/mol. The summed E-state index contributed by atoms with van der Waals surface area (Å²) in [6.45, 7) is 5.87. The molecule has 84 valence electrons. The van der Waals surface area contributed by atoms with Gasteiger partial charge >= 0.3 is 0 Å². The molecule has 2 aromatic heterocycles.